The number of methoxy groups -OCH3 is 1. The molecule has 0 aliphatic carbocycles. The maximum atomic E-state index is 11.5. The predicted molar refractivity (Wildman–Crippen MR) is 73.3 cm³/mol. The monoisotopic (exact) mass is 274 g/mol. The van der Waals surface area contributed by atoms with Gasteiger partial charge in [0.15, 0.2) is 0 Å². The van der Waals surface area contributed by atoms with Crippen molar-refractivity contribution in [2.75, 3.05) is 7.11 Å². The molecule has 0 saturated heterocycles. The second kappa shape index (κ2) is 5.16. The smallest absolute Gasteiger partial charge is 0.345 e. The van der Waals surface area contributed by atoms with Crippen LogP contribution in [-0.2, 0) is 0 Å². The van der Waals surface area contributed by atoms with E-state index in [9.17, 15) is 14.7 Å². The van der Waals surface area contributed by atoms with Crippen molar-refractivity contribution in [3.05, 3.63) is 45.5 Å². The number of H-pyrrole nitrogens is 1. The van der Waals surface area contributed by atoms with Crippen LogP contribution in [0.2, 0.25) is 0 Å². The van der Waals surface area contributed by atoms with Gasteiger partial charge >= 0.3 is 11.7 Å². The van der Waals surface area contributed by atoms with Crippen LogP contribution in [0.5, 0.6) is 5.75 Å². The molecule has 6 nitrogen and oxygen atoms in total. The summed E-state index contributed by atoms with van der Waals surface area (Å²) in [5, 5.41) is 9.28. The van der Waals surface area contributed by atoms with E-state index < -0.39 is 11.7 Å². The van der Waals surface area contributed by atoms with Crippen LogP contribution in [-0.4, -0.2) is 28.2 Å². The third-order valence-corrected chi connectivity index (χ3v) is 3.00. The molecule has 0 bridgehead atoms. The number of nitrogens with zero attached hydrogens (tertiary/aromatic N) is 1. The Labute approximate surface area is 115 Å². The number of carbonyl (C=O) groups is 1. The summed E-state index contributed by atoms with van der Waals surface area (Å²) in [6.07, 6.45) is 0. The Hall–Kier alpha value is -2.63. The van der Waals surface area contributed by atoms with Gasteiger partial charge in [0, 0.05) is 11.3 Å². The molecule has 1 aromatic heterocycles. The number of rotatable bonds is 3. The first kappa shape index (κ1) is 13.8. The summed E-state index contributed by atoms with van der Waals surface area (Å²) in [6, 6.07) is 5.14. The van der Waals surface area contributed by atoms with Crippen LogP contribution in [0.3, 0.4) is 0 Å². The number of hydrogen-bond acceptors (Lipinski definition) is 4. The minimum Gasteiger partial charge on any atom is -0.496 e. The fourth-order valence-corrected chi connectivity index (χ4v) is 2.08. The lowest BCUT2D eigenvalue weighted by atomic mass is 10.0. The third kappa shape index (κ3) is 2.40. The largest absolute Gasteiger partial charge is 0.496 e. The molecule has 0 amide bonds. The highest BCUT2D eigenvalue weighted by Gasteiger charge is 2.18. The van der Waals surface area contributed by atoms with Crippen molar-refractivity contribution in [1.82, 2.24) is 9.97 Å². The minimum absolute atomic E-state index is 0.00540. The van der Waals surface area contributed by atoms with Gasteiger partial charge in [0.25, 0.3) is 0 Å². The van der Waals surface area contributed by atoms with E-state index in [0.717, 1.165) is 5.56 Å². The van der Waals surface area contributed by atoms with Crippen LogP contribution in [0, 0.1) is 13.8 Å². The first-order valence-electron chi connectivity index (χ1n) is 5.93. The minimum atomic E-state index is -1.13. The van der Waals surface area contributed by atoms with Gasteiger partial charge in [-0.3, -0.25) is 0 Å². The van der Waals surface area contributed by atoms with E-state index in [1.54, 1.807) is 25.3 Å². The summed E-state index contributed by atoms with van der Waals surface area (Å²) in [5.74, 6) is -0.443. The lowest BCUT2D eigenvalue weighted by Gasteiger charge is -2.10. The van der Waals surface area contributed by atoms with Crippen LogP contribution in [0.4, 0.5) is 0 Å². The zero-order valence-corrected chi connectivity index (χ0v) is 11.4. The number of ether oxygens (including phenoxy) is 1. The lowest BCUT2D eigenvalue weighted by molar-refractivity contribution is 0.0696. The Balaban J connectivity index is 2.72. The molecule has 1 heterocycles. The van der Waals surface area contributed by atoms with Crippen LogP contribution in [0.25, 0.3) is 11.3 Å². The van der Waals surface area contributed by atoms with Crippen molar-refractivity contribution < 1.29 is 14.6 Å². The number of aromatic amines is 1. The molecule has 0 aliphatic rings. The average Bonchev–Trinajstić information content (AvgIpc) is 2.37. The second-order valence-electron chi connectivity index (χ2n) is 4.38. The maximum Gasteiger partial charge on any atom is 0.345 e. The maximum absolute atomic E-state index is 11.5. The molecule has 1 aromatic carbocycles. The zero-order valence-electron chi connectivity index (χ0n) is 11.4. The van der Waals surface area contributed by atoms with Crippen molar-refractivity contribution in [3.63, 3.8) is 0 Å². The number of carboxylic acids is 1. The Morgan fingerprint density at radius 2 is 2.05 bits per heavy atom. The number of aromatic nitrogens is 2. The summed E-state index contributed by atoms with van der Waals surface area (Å²) >= 11 is 0. The number of aryl methyl sites for hydroxylation is 2. The zero-order chi connectivity index (χ0) is 14.9. The molecule has 2 rings (SSSR count). The molecule has 0 saturated carbocycles. The molecule has 0 atom stereocenters. The highest BCUT2D eigenvalue weighted by atomic mass is 16.5. The predicted octanol–water partition coefficient (Wildman–Crippen LogP) is 1.76. The Bertz CT molecular complexity index is 734. The topological polar surface area (TPSA) is 92.3 Å². The Morgan fingerprint density at radius 1 is 1.35 bits per heavy atom. The fourth-order valence-electron chi connectivity index (χ4n) is 2.08. The molecule has 6 heteroatoms. The van der Waals surface area contributed by atoms with Crippen LogP contribution >= 0.6 is 0 Å². The van der Waals surface area contributed by atoms with Gasteiger partial charge in [0.05, 0.1) is 12.8 Å². The van der Waals surface area contributed by atoms with Gasteiger partial charge in [-0.15, -0.1) is 0 Å². The van der Waals surface area contributed by atoms with Gasteiger partial charge in [-0.05, 0) is 37.6 Å². The first-order chi connectivity index (χ1) is 9.43. The number of hydrogen-bond donors (Lipinski definition) is 2. The van der Waals surface area contributed by atoms with Gasteiger partial charge in [-0.1, -0.05) is 0 Å². The van der Waals surface area contributed by atoms with E-state index in [1.807, 2.05) is 6.92 Å². The number of nitrogens with one attached hydrogen (secondary N) is 1. The Kier molecular flexibility index (Phi) is 3.56. The summed E-state index contributed by atoms with van der Waals surface area (Å²) in [6.45, 7) is 3.37. The molecule has 2 aromatic rings. The van der Waals surface area contributed by atoms with Gasteiger partial charge < -0.3 is 14.8 Å². The lowest BCUT2D eigenvalue weighted by Crippen LogP contribution is -2.18. The molecule has 2 N–H and O–H groups in total. The highest BCUT2D eigenvalue weighted by Crippen LogP contribution is 2.27. The van der Waals surface area contributed by atoms with Crippen molar-refractivity contribution in [2.45, 2.75) is 13.8 Å². The molecule has 0 unspecified atom stereocenters. The van der Waals surface area contributed by atoms with E-state index >= 15 is 0 Å². The molecule has 0 spiro atoms. The molecule has 104 valence electrons. The second-order valence-corrected chi connectivity index (χ2v) is 4.38. The van der Waals surface area contributed by atoms with Crippen molar-refractivity contribution in [1.29, 1.82) is 0 Å². The normalized spacial score (nSPS) is 10.3. The summed E-state index contributed by atoms with van der Waals surface area (Å²) in [5.41, 5.74) is 1.26. The molecule has 20 heavy (non-hydrogen) atoms. The van der Waals surface area contributed by atoms with Gasteiger partial charge in [0.1, 0.15) is 11.3 Å². The molecular formula is C14H14N2O4. The average molecular weight is 274 g/mol. The van der Waals surface area contributed by atoms with Crippen LogP contribution < -0.4 is 10.4 Å². The Morgan fingerprint density at radius 3 is 2.60 bits per heavy atom. The molecule has 0 radical (unpaired) electrons. The van der Waals surface area contributed by atoms with Gasteiger partial charge in [0.2, 0.25) is 0 Å². The SMILES string of the molecule is COc1ccc(-c2nc(=O)[nH]c(C)c2C(=O)O)cc1C. The van der Waals surface area contributed by atoms with Crippen molar-refractivity contribution in [2.24, 2.45) is 0 Å². The van der Waals surface area contributed by atoms with E-state index in [-0.39, 0.29) is 17.0 Å². The summed E-state index contributed by atoms with van der Waals surface area (Å²) < 4.78 is 5.16. The van der Waals surface area contributed by atoms with Gasteiger partial charge in [-0.2, -0.15) is 4.98 Å². The summed E-state index contributed by atoms with van der Waals surface area (Å²) in [7, 11) is 1.56. The van der Waals surface area contributed by atoms with E-state index in [4.69, 9.17) is 4.74 Å². The fraction of sp³-hybridized carbons (Fsp3) is 0.214. The molecular weight excluding hydrogens is 260 g/mol. The van der Waals surface area contributed by atoms with Gasteiger partial charge in [-0.25, -0.2) is 9.59 Å². The van der Waals surface area contributed by atoms with Crippen molar-refractivity contribution >= 4 is 5.97 Å². The van der Waals surface area contributed by atoms with Crippen LogP contribution in [0.1, 0.15) is 21.6 Å². The number of aromatic carboxylic acids is 1. The number of carboxylic acid groups (broad SMARTS) is 1. The highest BCUT2D eigenvalue weighted by molar-refractivity contribution is 5.95. The number of benzene rings is 1. The van der Waals surface area contributed by atoms with Crippen molar-refractivity contribution in [3.8, 4) is 17.0 Å². The van der Waals surface area contributed by atoms with E-state index in [0.29, 0.717) is 11.3 Å². The summed E-state index contributed by atoms with van der Waals surface area (Å²) in [4.78, 5) is 29.0. The third-order valence-electron chi connectivity index (χ3n) is 3.00. The quantitative estimate of drug-likeness (QED) is 0.889. The van der Waals surface area contributed by atoms with E-state index in [1.165, 1.54) is 6.92 Å². The first-order valence-corrected chi connectivity index (χ1v) is 5.93. The van der Waals surface area contributed by atoms with Crippen LogP contribution in [0.15, 0.2) is 23.0 Å². The molecule has 0 fully saturated rings. The van der Waals surface area contributed by atoms with E-state index in [2.05, 4.69) is 9.97 Å². The molecule has 0 aliphatic heterocycles. The standard InChI is InChI=1S/C14H14N2O4/c1-7-6-9(4-5-10(7)20-3)12-11(13(17)18)8(2)15-14(19)16-12/h4-6H,1-3H3,(H,17,18)(H,15,16,19).